The molecule has 3 nitrogen and oxygen atoms in total. The van der Waals surface area contributed by atoms with E-state index in [0.29, 0.717) is 6.04 Å². The molecule has 0 amide bonds. The van der Waals surface area contributed by atoms with Crippen LogP contribution in [0.2, 0.25) is 0 Å². The number of nitrogens with zero attached hydrogens (tertiary/aromatic N) is 2. The summed E-state index contributed by atoms with van der Waals surface area (Å²) in [6.07, 6.45) is 1.82. The molecule has 1 atom stereocenters. The van der Waals surface area contributed by atoms with Gasteiger partial charge in [0, 0.05) is 44.1 Å². The Morgan fingerprint density at radius 2 is 2.33 bits per heavy atom. The number of allylic oxidation sites excluding steroid dienone is 1. The third-order valence-electron chi connectivity index (χ3n) is 2.51. The van der Waals surface area contributed by atoms with Crippen molar-refractivity contribution in [1.82, 2.24) is 10.2 Å². The number of nitrogens with one attached hydrogen (secondary N) is 1. The molecule has 1 saturated heterocycles. The third-order valence-corrected chi connectivity index (χ3v) is 2.51. The topological polar surface area (TPSA) is 27.6 Å². The Kier molecular flexibility index (Phi) is 4.72. The highest BCUT2D eigenvalue weighted by atomic mass is 15.2. The maximum absolute atomic E-state index is 4.15. The van der Waals surface area contributed by atoms with Crippen molar-refractivity contribution in [2.24, 2.45) is 4.99 Å². The number of hydrogen-bond acceptors (Lipinski definition) is 3. The van der Waals surface area contributed by atoms with E-state index < -0.39 is 0 Å². The van der Waals surface area contributed by atoms with Crippen LogP contribution in [0.3, 0.4) is 0 Å². The van der Waals surface area contributed by atoms with Crippen LogP contribution in [0.1, 0.15) is 13.8 Å². The van der Waals surface area contributed by atoms with Crippen molar-refractivity contribution >= 4 is 6.21 Å². The third kappa shape index (κ3) is 4.40. The molecule has 1 aliphatic heterocycles. The SMILES string of the molecule is C=C(C=NC(=C)C)CN1CCNCC1C. The summed E-state index contributed by atoms with van der Waals surface area (Å²) < 4.78 is 0. The van der Waals surface area contributed by atoms with Gasteiger partial charge in [0.05, 0.1) is 0 Å². The van der Waals surface area contributed by atoms with E-state index in [-0.39, 0.29) is 0 Å². The second-order valence-corrected chi connectivity index (χ2v) is 4.18. The summed E-state index contributed by atoms with van der Waals surface area (Å²) in [6, 6.07) is 0.578. The zero-order valence-electron chi connectivity index (χ0n) is 9.79. The van der Waals surface area contributed by atoms with Gasteiger partial charge in [-0.2, -0.15) is 0 Å². The van der Waals surface area contributed by atoms with Crippen LogP contribution in [0.25, 0.3) is 0 Å². The van der Waals surface area contributed by atoms with Gasteiger partial charge in [0.15, 0.2) is 0 Å². The Morgan fingerprint density at radius 3 is 2.93 bits per heavy atom. The molecule has 1 fully saturated rings. The Bertz CT molecular complexity index is 268. The van der Waals surface area contributed by atoms with Gasteiger partial charge in [0.1, 0.15) is 0 Å². The van der Waals surface area contributed by atoms with E-state index in [9.17, 15) is 0 Å². The van der Waals surface area contributed by atoms with Crippen molar-refractivity contribution in [2.45, 2.75) is 19.9 Å². The largest absolute Gasteiger partial charge is 0.314 e. The second-order valence-electron chi connectivity index (χ2n) is 4.18. The number of rotatable bonds is 4. The van der Waals surface area contributed by atoms with Gasteiger partial charge in [0.2, 0.25) is 0 Å². The zero-order valence-corrected chi connectivity index (χ0v) is 9.79. The molecule has 0 radical (unpaired) electrons. The van der Waals surface area contributed by atoms with Crippen molar-refractivity contribution in [3.05, 3.63) is 24.4 Å². The van der Waals surface area contributed by atoms with Gasteiger partial charge in [0.25, 0.3) is 0 Å². The van der Waals surface area contributed by atoms with Crippen molar-refractivity contribution in [1.29, 1.82) is 0 Å². The second kappa shape index (κ2) is 5.83. The molecule has 1 aliphatic rings. The molecule has 0 aromatic heterocycles. The molecule has 0 aromatic carbocycles. The molecule has 0 aliphatic carbocycles. The maximum atomic E-state index is 4.15. The number of piperazine rings is 1. The van der Waals surface area contributed by atoms with Crippen molar-refractivity contribution in [3.8, 4) is 0 Å². The first-order chi connectivity index (χ1) is 7.09. The fraction of sp³-hybridized carbons (Fsp3) is 0.583. The molecular weight excluding hydrogens is 186 g/mol. The lowest BCUT2D eigenvalue weighted by atomic mass is 10.2. The van der Waals surface area contributed by atoms with Crippen LogP contribution >= 0.6 is 0 Å². The predicted molar refractivity (Wildman–Crippen MR) is 66.4 cm³/mol. The molecule has 0 bridgehead atoms. The van der Waals surface area contributed by atoms with Crippen LogP contribution in [0.4, 0.5) is 0 Å². The Labute approximate surface area is 92.6 Å². The minimum Gasteiger partial charge on any atom is -0.314 e. The average molecular weight is 207 g/mol. The van der Waals surface area contributed by atoms with Gasteiger partial charge in [-0.05, 0) is 19.4 Å². The van der Waals surface area contributed by atoms with E-state index in [1.165, 1.54) is 0 Å². The van der Waals surface area contributed by atoms with Crippen LogP contribution < -0.4 is 5.32 Å². The van der Waals surface area contributed by atoms with Crippen molar-refractivity contribution < 1.29 is 0 Å². The number of aliphatic imine (C=N–C) groups is 1. The van der Waals surface area contributed by atoms with E-state index in [1.54, 1.807) is 0 Å². The lowest BCUT2D eigenvalue weighted by Gasteiger charge is -2.33. The summed E-state index contributed by atoms with van der Waals surface area (Å²) >= 11 is 0. The fourth-order valence-electron chi connectivity index (χ4n) is 1.62. The van der Waals surface area contributed by atoms with E-state index in [2.05, 4.69) is 35.3 Å². The molecule has 1 unspecified atom stereocenters. The van der Waals surface area contributed by atoms with Crippen LogP contribution in [0, 0.1) is 0 Å². The predicted octanol–water partition coefficient (Wildman–Crippen LogP) is 1.44. The van der Waals surface area contributed by atoms with E-state index in [0.717, 1.165) is 37.4 Å². The maximum Gasteiger partial charge on any atom is 0.0309 e. The molecule has 0 aromatic rings. The molecule has 3 heteroatoms. The highest BCUT2D eigenvalue weighted by Crippen LogP contribution is 2.04. The highest BCUT2D eigenvalue weighted by molar-refractivity contribution is 5.78. The zero-order chi connectivity index (χ0) is 11.3. The molecule has 0 spiro atoms. The van der Waals surface area contributed by atoms with Crippen molar-refractivity contribution in [2.75, 3.05) is 26.2 Å². The first-order valence-electron chi connectivity index (χ1n) is 5.41. The highest BCUT2D eigenvalue weighted by Gasteiger charge is 2.17. The van der Waals surface area contributed by atoms with Crippen LogP contribution in [0.5, 0.6) is 0 Å². The monoisotopic (exact) mass is 207 g/mol. The minimum absolute atomic E-state index is 0.578. The van der Waals surface area contributed by atoms with Gasteiger partial charge < -0.3 is 5.32 Å². The van der Waals surface area contributed by atoms with Gasteiger partial charge >= 0.3 is 0 Å². The average Bonchev–Trinajstić information content (AvgIpc) is 2.18. The summed E-state index contributed by atoms with van der Waals surface area (Å²) in [5, 5.41) is 3.37. The van der Waals surface area contributed by atoms with Gasteiger partial charge in [-0.3, -0.25) is 9.89 Å². The molecule has 1 N–H and O–H groups in total. The normalized spacial score (nSPS) is 23.2. The molecule has 15 heavy (non-hydrogen) atoms. The van der Waals surface area contributed by atoms with Crippen LogP contribution in [-0.2, 0) is 0 Å². The van der Waals surface area contributed by atoms with Crippen LogP contribution in [0.15, 0.2) is 29.4 Å². The lowest BCUT2D eigenvalue weighted by molar-refractivity contribution is 0.191. The molecule has 84 valence electrons. The van der Waals surface area contributed by atoms with E-state index >= 15 is 0 Å². The first-order valence-corrected chi connectivity index (χ1v) is 5.41. The Hall–Kier alpha value is -0.930. The summed E-state index contributed by atoms with van der Waals surface area (Å²) in [4.78, 5) is 6.57. The summed E-state index contributed by atoms with van der Waals surface area (Å²) in [5.74, 6) is 0. The molecule has 1 rings (SSSR count). The van der Waals surface area contributed by atoms with E-state index in [4.69, 9.17) is 0 Å². The summed E-state index contributed by atoms with van der Waals surface area (Å²) in [7, 11) is 0. The standard InChI is InChI=1S/C12H21N3/c1-10(2)14-7-11(3)9-15-6-5-13-8-12(15)4/h7,12-13H,1,3,5-6,8-9H2,2,4H3. The van der Waals surface area contributed by atoms with Crippen LogP contribution in [-0.4, -0.2) is 43.3 Å². The van der Waals surface area contributed by atoms with Gasteiger partial charge in [-0.1, -0.05) is 13.2 Å². The lowest BCUT2D eigenvalue weighted by Crippen LogP contribution is -2.50. The quantitative estimate of drug-likeness (QED) is 0.706. The van der Waals surface area contributed by atoms with E-state index in [1.807, 2.05) is 13.1 Å². The smallest absolute Gasteiger partial charge is 0.0309 e. The Morgan fingerprint density at radius 1 is 1.60 bits per heavy atom. The molecular formula is C12H21N3. The first kappa shape index (κ1) is 12.1. The summed E-state index contributed by atoms with van der Waals surface area (Å²) in [5.41, 5.74) is 1.87. The fourth-order valence-corrected chi connectivity index (χ4v) is 1.62. The van der Waals surface area contributed by atoms with Gasteiger partial charge in [-0.15, -0.1) is 0 Å². The number of hydrogen-bond donors (Lipinski definition) is 1. The molecule has 1 heterocycles. The minimum atomic E-state index is 0.578. The van der Waals surface area contributed by atoms with Crippen molar-refractivity contribution in [3.63, 3.8) is 0 Å². The van der Waals surface area contributed by atoms with Gasteiger partial charge in [-0.25, -0.2) is 0 Å². The Balaban J connectivity index is 2.39. The summed E-state index contributed by atoms with van der Waals surface area (Å²) in [6.45, 7) is 16.0. The molecule has 0 saturated carbocycles.